The fourth-order valence-corrected chi connectivity index (χ4v) is 2.27. The monoisotopic (exact) mass is 269 g/mol. The molecule has 1 N–H and O–H groups in total. The summed E-state index contributed by atoms with van der Waals surface area (Å²) in [4.78, 5) is 0. The van der Waals surface area contributed by atoms with E-state index in [2.05, 4.69) is 42.9 Å². The number of para-hydroxylation sites is 1. The Morgan fingerprint density at radius 2 is 2.10 bits per heavy atom. The molecule has 4 nitrogen and oxygen atoms in total. The van der Waals surface area contributed by atoms with Gasteiger partial charge in [0.15, 0.2) is 0 Å². The first-order valence-electron chi connectivity index (χ1n) is 6.51. The maximum absolute atomic E-state index is 9.19. The van der Waals surface area contributed by atoms with Crippen LogP contribution in [0, 0.1) is 25.2 Å². The molecule has 2 rings (SSSR count). The number of nitrogens with zero attached hydrogens (tertiary/aromatic N) is 2. The predicted octanol–water partition coefficient (Wildman–Crippen LogP) is 3.13. The lowest BCUT2D eigenvalue weighted by molar-refractivity contribution is 0.416. The molecule has 0 spiro atoms. The second-order valence-electron chi connectivity index (χ2n) is 4.80. The Kier molecular flexibility index (Phi) is 3.99. The van der Waals surface area contributed by atoms with E-state index in [0.29, 0.717) is 17.9 Å². The van der Waals surface area contributed by atoms with Gasteiger partial charge in [0, 0.05) is 25.0 Å². The van der Waals surface area contributed by atoms with Gasteiger partial charge in [-0.2, -0.15) is 5.26 Å². The molecule has 0 radical (unpaired) electrons. The van der Waals surface area contributed by atoms with E-state index < -0.39 is 0 Å². The lowest BCUT2D eigenvalue weighted by Gasteiger charge is -2.12. The number of nitriles is 1. The van der Waals surface area contributed by atoms with Gasteiger partial charge in [-0.25, -0.2) is 0 Å². The number of rotatable bonds is 4. The molecule has 0 bridgehead atoms. The van der Waals surface area contributed by atoms with Crippen molar-refractivity contribution in [2.45, 2.75) is 20.4 Å². The molecule has 0 aliphatic carbocycles. The molecule has 0 aliphatic rings. The highest BCUT2D eigenvalue weighted by Gasteiger charge is 2.10. The molecule has 0 atom stereocenters. The van der Waals surface area contributed by atoms with Crippen LogP contribution in [-0.2, 0) is 13.6 Å². The number of hydrogen-bond donors (Lipinski definition) is 1. The number of aryl methyl sites for hydroxylation is 1. The molecule has 2 aromatic rings. The van der Waals surface area contributed by atoms with E-state index in [9.17, 15) is 5.26 Å². The zero-order valence-corrected chi connectivity index (χ0v) is 12.3. The molecule has 1 aromatic heterocycles. The number of anilines is 1. The van der Waals surface area contributed by atoms with Crippen molar-refractivity contribution >= 4 is 5.69 Å². The second kappa shape index (κ2) is 5.70. The zero-order chi connectivity index (χ0) is 14.7. The molecule has 20 heavy (non-hydrogen) atoms. The number of methoxy groups -OCH3 is 1. The third-order valence-corrected chi connectivity index (χ3v) is 3.70. The minimum Gasteiger partial charge on any atom is -0.495 e. The van der Waals surface area contributed by atoms with Gasteiger partial charge in [0.2, 0.25) is 0 Å². The number of hydrogen-bond acceptors (Lipinski definition) is 3. The Bertz CT molecular complexity index is 665. The van der Waals surface area contributed by atoms with E-state index in [1.807, 2.05) is 12.1 Å². The average molecular weight is 269 g/mol. The maximum Gasteiger partial charge on any atom is 0.143 e. The minimum atomic E-state index is 0.592. The number of ether oxygens (including phenoxy) is 1. The van der Waals surface area contributed by atoms with Gasteiger partial charge in [-0.1, -0.05) is 6.07 Å². The van der Waals surface area contributed by atoms with Crippen LogP contribution in [0.4, 0.5) is 5.69 Å². The van der Waals surface area contributed by atoms with Gasteiger partial charge < -0.3 is 14.6 Å². The van der Waals surface area contributed by atoms with Crippen molar-refractivity contribution in [3.63, 3.8) is 0 Å². The largest absolute Gasteiger partial charge is 0.495 e. The van der Waals surface area contributed by atoms with Gasteiger partial charge >= 0.3 is 0 Å². The van der Waals surface area contributed by atoms with E-state index >= 15 is 0 Å². The summed E-state index contributed by atoms with van der Waals surface area (Å²) >= 11 is 0. The molecule has 104 valence electrons. The van der Waals surface area contributed by atoms with Crippen molar-refractivity contribution in [3.05, 3.63) is 46.8 Å². The van der Waals surface area contributed by atoms with E-state index in [1.165, 1.54) is 17.0 Å². The zero-order valence-electron chi connectivity index (χ0n) is 12.3. The summed E-state index contributed by atoms with van der Waals surface area (Å²) in [6.45, 7) is 4.85. The molecule has 4 heteroatoms. The SMILES string of the molecule is COc1cccc(C#N)c1NCc1cc(C)n(C)c1C. The number of benzene rings is 1. The van der Waals surface area contributed by atoms with Crippen molar-refractivity contribution in [2.24, 2.45) is 7.05 Å². The highest BCUT2D eigenvalue weighted by atomic mass is 16.5. The third kappa shape index (κ3) is 2.48. The Hall–Kier alpha value is -2.41. The van der Waals surface area contributed by atoms with Crippen LogP contribution in [0.5, 0.6) is 5.75 Å². The Labute approximate surface area is 119 Å². The quantitative estimate of drug-likeness (QED) is 0.927. The molecule has 1 aromatic carbocycles. The smallest absolute Gasteiger partial charge is 0.143 e. The van der Waals surface area contributed by atoms with Crippen LogP contribution in [0.15, 0.2) is 24.3 Å². The van der Waals surface area contributed by atoms with Gasteiger partial charge in [-0.3, -0.25) is 0 Å². The molecular formula is C16H19N3O. The summed E-state index contributed by atoms with van der Waals surface area (Å²) in [6, 6.07) is 9.81. The van der Waals surface area contributed by atoms with E-state index in [4.69, 9.17) is 4.74 Å². The summed E-state index contributed by atoms with van der Waals surface area (Å²) in [5, 5.41) is 12.5. The van der Waals surface area contributed by atoms with Crippen molar-refractivity contribution in [1.29, 1.82) is 5.26 Å². The Balaban J connectivity index is 2.27. The molecule has 0 saturated carbocycles. The Morgan fingerprint density at radius 3 is 2.65 bits per heavy atom. The molecule has 0 saturated heterocycles. The van der Waals surface area contributed by atoms with Crippen LogP contribution in [0.3, 0.4) is 0 Å². The van der Waals surface area contributed by atoms with Crippen LogP contribution in [0.25, 0.3) is 0 Å². The third-order valence-electron chi connectivity index (χ3n) is 3.70. The second-order valence-corrected chi connectivity index (χ2v) is 4.80. The lowest BCUT2D eigenvalue weighted by Crippen LogP contribution is -2.04. The van der Waals surface area contributed by atoms with E-state index in [-0.39, 0.29) is 0 Å². The van der Waals surface area contributed by atoms with Crippen molar-refractivity contribution in [3.8, 4) is 11.8 Å². The fourth-order valence-electron chi connectivity index (χ4n) is 2.27. The normalized spacial score (nSPS) is 10.2. The highest BCUT2D eigenvalue weighted by molar-refractivity contribution is 5.66. The van der Waals surface area contributed by atoms with Crippen LogP contribution in [-0.4, -0.2) is 11.7 Å². The van der Waals surface area contributed by atoms with Crippen molar-refractivity contribution < 1.29 is 4.74 Å². The molecule has 0 unspecified atom stereocenters. The fraction of sp³-hybridized carbons (Fsp3) is 0.312. The predicted molar refractivity (Wildman–Crippen MR) is 79.9 cm³/mol. The molecule has 1 heterocycles. The highest BCUT2D eigenvalue weighted by Crippen LogP contribution is 2.28. The van der Waals surface area contributed by atoms with E-state index in [1.54, 1.807) is 13.2 Å². The van der Waals surface area contributed by atoms with Gasteiger partial charge in [0.05, 0.1) is 18.4 Å². The average Bonchev–Trinajstić information content (AvgIpc) is 2.71. The summed E-state index contributed by atoms with van der Waals surface area (Å²) in [7, 11) is 3.66. The minimum absolute atomic E-state index is 0.592. The van der Waals surface area contributed by atoms with Crippen LogP contribution < -0.4 is 10.1 Å². The molecular weight excluding hydrogens is 250 g/mol. The lowest BCUT2D eigenvalue weighted by atomic mass is 10.1. The summed E-state index contributed by atoms with van der Waals surface area (Å²) in [6.07, 6.45) is 0. The van der Waals surface area contributed by atoms with Crippen LogP contribution in [0.1, 0.15) is 22.5 Å². The first-order valence-corrected chi connectivity index (χ1v) is 6.51. The first-order chi connectivity index (χ1) is 9.58. The van der Waals surface area contributed by atoms with Gasteiger partial charge in [0.1, 0.15) is 11.8 Å². The van der Waals surface area contributed by atoms with Gasteiger partial charge in [-0.05, 0) is 37.6 Å². The van der Waals surface area contributed by atoms with Crippen LogP contribution in [0.2, 0.25) is 0 Å². The number of aromatic nitrogens is 1. The van der Waals surface area contributed by atoms with E-state index in [0.717, 1.165) is 5.69 Å². The summed E-state index contributed by atoms with van der Waals surface area (Å²) < 4.78 is 7.47. The van der Waals surface area contributed by atoms with Crippen LogP contribution >= 0.6 is 0 Å². The summed E-state index contributed by atoms with van der Waals surface area (Å²) in [5.41, 5.74) is 5.01. The van der Waals surface area contributed by atoms with Crippen molar-refractivity contribution in [1.82, 2.24) is 4.57 Å². The van der Waals surface area contributed by atoms with Crippen molar-refractivity contribution in [2.75, 3.05) is 12.4 Å². The van der Waals surface area contributed by atoms with Gasteiger partial charge in [-0.15, -0.1) is 0 Å². The summed E-state index contributed by atoms with van der Waals surface area (Å²) in [5.74, 6) is 0.689. The number of nitrogens with one attached hydrogen (secondary N) is 1. The molecule has 0 aliphatic heterocycles. The van der Waals surface area contributed by atoms with Gasteiger partial charge in [0.25, 0.3) is 0 Å². The Morgan fingerprint density at radius 1 is 1.35 bits per heavy atom. The first kappa shape index (κ1) is 14.0. The molecule has 0 amide bonds. The maximum atomic E-state index is 9.19. The standard InChI is InChI=1S/C16H19N3O/c1-11-8-14(12(2)19(11)3)10-18-16-13(9-17)6-5-7-15(16)20-4/h5-8,18H,10H2,1-4H3. The molecule has 0 fully saturated rings. The topological polar surface area (TPSA) is 50.0 Å².